The lowest BCUT2D eigenvalue weighted by atomic mass is 10.1. The molecule has 0 aliphatic rings. The first-order chi connectivity index (χ1) is 10.8. The van der Waals surface area contributed by atoms with Crippen molar-refractivity contribution in [1.29, 1.82) is 0 Å². The maximum absolute atomic E-state index is 10.3. The monoisotopic (exact) mass is 302 g/mol. The Kier molecular flexibility index (Phi) is 16.1. The van der Waals surface area contributed by atoms with Crippen molar-refractivity contribution in [3.8, 4) is 23.7 Å². The van der Waals surface area contributed by atoms with E-state index in [4.69, 9.17) is 5.11 Å². The number of aliphatic carboxylic acids is 1. The van der Waals surface area contributed by atoms with Crippen molar-refractivity contribution in [2.24, 2.45) is 0 Å². The van der Waals surface area contributed by atoms with Gasteiger partial charge in [0, 0.05) is 19.3 Å². The highest BCUT2D eigenvalue weighted by Crippen LogP contribution is 2.07. The maximum Gasteiger partial charge on any atom is 0.303 e. The lowest BCUT2D eigenvalue weighted by molar-refractivity contribution is -0.137. The predicted octanol–water partition coefficient (Wildman–Crippen LogP) is 5.34. The van der Waals surface area contributed by atoms with Crippen molar-refractivity contribution in [3.05, 3.63) is 12.2 Å². The van der Waals surface area contributed by atoms with Crippen molar-refractivity contribution in [2.45, 2.75) is 84.0 Å². The summed E-state index contributed by atoms with van der Waals surface area (Å²) < 4.78 is 0. The zero-order valence-electron chi connectivity index (χ0n) is 14.0. The van der Waals surface area contributed by atoms with Crippen LogP contribution >= 0.6 is 0 Å². The van der Waals surface area contributed by atoms with Crippen LogP contribution in [0.3, 0.4) is 0 Å². The van der Waals surface area contributed by atoms with Crippen LogP contribution in [0.25, 0.3) is 0 Å². The van der Waals surface area contributed by atoms with E-state index in [1.54, 1.807) is 0 Å². The minimum absolute atomic E-state index is 0.198. The van der Waals surface area contributed by atoms with Crippen LogP contribution in [0.1, 0.15) is 84.0 Å². The summed E-state index contributed by atoms with van der Waals surface area (Å²) in [5, 5.41) is 8.46. The molecule has 0 radical (unpaired) electrons. The van der Waals surface area contributed by atoms with Crippen LogP contribution in [0.15, 0.2) is 12.2 Å². The average molecular weight is 302 g/mol. The lowest BCUT2D eigenvalue weighted by Crippen LogP contribution is -1.92. The molecule has 2 nitrogen and oxygen atoms in total. The molecule has 0 saturated carbocycles. The molecule has 0 saturated heterocycles. The van der Waals surface area contributed by atoms with E-state index in [0.717, 1.165) is 12.8 Å². The lowest BCUT2D eigenvalue weighted by Gasteiger charge is -1.97. The number of carboxylic acid groups (broad SMARTS) is 1. The van der Waals surface area contributed by atoms with E-state index in [2.05, 4.69) is 42.8 Å². The van der Waals surface area contributed by atoms with E-state index < -0.39 is 5.97 Å². The Morgan fingerprint density at radius 2 is 1.64 bits per heavy atom. The average Bonchev–Trinajstić information content (AvgIpc) is 2.50. The molecule has 0 aromatic heterocycles. The fourth-order valence-electron chi connectivity index (χ4n) is 1.96. The first-order valence-corrected chi connectivity index (χ1v) is 8.55. The van der Waals surface area contributed by atoms with Gasteiger partial charge in [0.15, 0.2) is 0 Å². The van der Waals surface area contributed by atoms with Gasteiger partial charge in [0.05, 0.1) is 6.42 Å². The third-order valence-electron chi connectivity index (χ3n) is 3.23. The molecule has 0 spiro atoms. The highest BCUT2D eigenvalue weighted by Gasteiger charge is 1.92. The molecule has 122 valence electrons. The van der Waals surface area contributed by atoms with Crippen LogP contribution in [0.4, 0.5) is 0 Å². The van der Waals surface area contributed by atoms with Crippen molar-refractivity contribution >= 4 is 5.97 Å². The van der Waals surface area contributed by atoms with Crippen LogP contribution in [0.5, 0.6) is 0 Å². The van der Waals surface area contributed by atoms with Gasteiger partial charge in [0.1, 0.15) is 0 Å². The minimum atomic E-state index is -0.755. The van der Waals surface area contributed by atoms with Crippen LogP contribution in [-0.2, 0) is 4.79 Å². The van der Waals surface area contributed by atoms with Crippen LogP contribution in [0.2, 0.25) is 0 Å². The van der Waals surface area contributed by atoms with Gasteiger partial charge in [0.2, 0.25) is 0 Å². The molecule has 0 unspecified atom stereocenters. The number of unbranched alkanes of at least 4 members (excludes halogenated alkanes) is 7. The summed E-state index contributed by atoms with van der Waals surface area (Å²) in [6, 6.07) is 0. The normalized spacial score (nSPS) is 9.86. The van der Waals surface area contributed by atoms with Gasteiger partial charge >= 0.3 is 5.97 Å². The van der Waals surface area contributed by atoms with Crippen LogP contribution in [0, 0.1) is 23.7 Å². The van der Waals surface area contributed by atoms with Gasteiger partial charge in [-0.3, -0.25) is 4.79 Å². The standard InChI is InChI=1S/C20H30O2/c1-2-3-4-5-6-7-8-9-10-11-12-13-14-15-16-17-18-19-20(21)22/h9-10H,2-8,11,14,17-19H2,1H3,(H,21,22)/b10-9+. The molecule has 0 aromatic carbocycles. The Labute approximate surface area is 136 Å². The summed E-state index contributed by atoms with van der Waals surface area (Å²) in [4.78, 5) is 10.3. The summed E-state index contributed by atoms with van der Waals surface area (Å²) in [5.74, 6) is 11.2. The number of hydrogen-bond donors (Lipinski definition) is 1. The van der Waals surface area contributed by atoms with Gasteiger partial charge < -0.3 is 5.11 Å². The molecule has 0 atom stereocenters. The third-order valence-corrected chi connectivity index (χ3v) is 3.23. The topological polar surface area (TPSA) is 37.3 Å². The molecule has 0 amide bonds. The fraction of sp³-hybridized carbons (Fsp3) is 0.650. The van der Waals surface area contributed by atoms with E-state index in [1.165, 1.54) is 38.5 Å². The number of carboxylic acids is 1. The second kappa shape index (κ2) is 17.4. The highest BCUT2D eigenvalue weighted by atomic mass is 16.4. The van der Waals surface area contributed by atoms with Gasteiger partial charge in [-0.25, -0.2) is 0 Å². The van der Waals surface area contributed by atoms with Gasteiger partial charge in [-0.2, -0.15) is 0 Å². The molecule has 22 heavy (non-hydrogen) atoms. The van der Waals surface area contributed by atoms with Crippen molar-refractivity contribution in [2.75, 3.05) is 0 Å². The molecule has 0 rings (SSSR count). The Hall–Kier alpha value is -1.67. The first-order valence-electron chi connectivity index (χ1n) is 8.55. The smallest absolute Gasteiger partial charge is 0.303 e. The first kappa shape index (κ1) is 20.3. The second-order valence-corrected chi connectivity index (χ2v) is 5.36. The molecule has 0 heterocycles. The van der Waals surface area contributed by atoms with Crippen LogP contribution in [-0.4, -0.2) is 11.1 Å². The molecule has 0 aromatic rings. The van der Waals surface area contributed by atoms with E-state index >= 15 is 0 Å². The van der Waals surface area contributed by atoms with Gasteiger partial charge in [-0.1, -0.05) is 68.9 Å². The maximum atomic E-state index is 10.3. The van der Waals surface area contributed by atoms with Crippen molar-refractivity contribution in [3.63, 3.8) is 0 Å². The fourth-order valence-corrected chi connectivity index (χ4v) is 1.96. The third kappa shape index (κ3) is 18.3. The molecule has 2 heteroatoms. The molecular formula is C20H30O2. The molecular weight excluding hydrogens is 272 g/mol. The summed E-state index contributed by atoms with van der Waals surface area (Å²) in [7, 11) is 0. The zero-order valence-corrected chi connectivity index (χ0v) is 14.0. The Morgan fingerprint density at radius 1 is 0.909 bits per heavy atom. The molecule has 0 bridgehead atoms. The van der Waals surface area contributed by atoms with E-state index in [1.807, 2.05) is 0 Å². The highest BCUT2D eigenvalue weighted by molar-refractivity contribution is 5.66. The number of carbonyl (C=O) groups is 1. The Morgan fingerprint density at radius 3 is 2.41 bits per heavy atom. The predicted molar refractivity (Wildman–Crippen MR) is 93.4 cm³/mol. The van der Waals surface area contributed by atoms with E-state index in [0.29, 0.717) is 19.3 Å². The number of hydrogen-bond acceptors (Lipinski definition) is 1. The second-order valence-electron chi connectivity index (χ2n) is 5.36. The molecule has 0 aliphatic heterocycles. The zero-order chi connectivity index (χ0) is 16.3. The van der Waals surface area contributed by atoms with Gasteiger partial charge in [0.25, 0.3) is 0 Å². The van der Waals surface area contributed by atoms with Crippen molar-refractivity contribution < 1.29 is 9.90 Å². The molecule has 1 N–H and O–H groups in total. The summed E-state index contributed by atoms with van der Waals surface area (Å²) in [6.07, 6.45) is 16.4. The SMILES string of the molecule is CCCCCCCC/C=C/CC#CCC#CCCCC(=O)O. The number of allylic oxidation sites excluding steroid dienone is 2. The quantitative estimate of drug-likeness (QED) is 0.318. The number of rotatable bonds is 11. The van der Waals surface area contributed by atoms with Gasteiger partial charge in [-0.15, -0.1) is 5.92 Å². The minimum Gasteiger partial charge on any atom is -0.481 e. The largest absolute Gasteiger partial charge is 0.481 e. The summed E-state index contributed by atoms with van der Waals surface area (Å²) in [6.45, 7) is 2.24. The molecule has 0 aliphatic carbocycles. The van der Waals surface area contributed by atoms with Crippen molar-refractivity contribution in [1.82, 2.24) is 0 Å². The Balaban J connectivity index is 3.39. The Bertz CT molecular complexity index is 412. The van der Waals surface area contributed by atoms with E-state index in [-0.39, 0.29) is 6.42 Å². The van der Waals surface area contributed by atoms with Gasteiger partial charge in [-0.05, 0) is 19.3 Å². The summed E-state index contributed by atoms with van der Waals surface area (Å²) in [5.41, 5.74) is 0. The summed E-state index contributed by atoms with van der Waals surface area (Å²) >= 11 is 0. The van der Waals surface area contributed by atoms with E-state index in [9.17, 15) is 4.79 Å². The van der Waals surface area contributed by atoms with Crippen LogP contribution < -0.4 is 0 Å². The molecule has 0 fully saturated rings.